The summed E-state index contributed by atoms with van der Waals surface area (Å²) in [7, 11) is 0. The zero-order chi connectivity index (χ0) is 18.9. The van der Waals surface area contributed by atoms with Crippen molar-refractivity contribution in [2.24, 2.45) is 0 Å². The third kappa shape index (κ3) is 5.57. The molecule has 1 atom stereocenters. The van der Waals surface area contributed by atoms with Crippen LogP contribution < -0.4 is 15.4 Å². The van der Waals surface area contributed by atoms with Gasteiger partial charge in [-0.3, -0.25) is 0 Å². The van der Waals surface area contributed by atoms with Crippen molar-refractivity contribution in [1.29, 1.82) is 0 Å². The number of halogens is 1. The summed E-state index contributed by atoms with van der Waals surface area (Å²) in [5, 5.41) is 5.72. The number of amides is 2. The van der Waals surface area contributed by atoms with E-state index in [4.69, 9.17) is 4.74 Å². The molecule has 0 aliphatic carbocycles. The van der Waals surface area contributed by atoms with Gasteiger partial charge in [0.05, 0.1) is 6.04 Å². The van der Waals surface area contributed by atoms with Gasteiger partial charge in [0.2, 0.25) is 0 Å². The molecule has 0 radical (unpaired) electrons. The van der Waals surface area contributed by atoms with Gasteiger partial charge < -0.3 is 15.4 Å². The molecule has 138 valence electrons. The first-order valence-corrected chi connectivity index (χ1v) is 8.73. The molecule has 0 aromatic heterocycles. The summed E-state index contributed by atoms with van der Waals surface area (Å²) in [6.45, 7) is 0.534. The van der Waals surface area contributed by atoms with Gasteiger partial charge >= 0.3 is 6.03 Å². The molecule has 0 fully saturated rings. The summed E-state index contributed by atoms with van der Waals surface area (Å²) in [5.74, 6) is -0.275. The summed E-state index contributed by atoms with van der Waals surface area (Å²) in [4.78, 5) is 12.3. The topological polar surface area (TPSA) is 50.4 Å². The Morgan fingerprint density at radius 1 is 0.889 bits per heavy atom. The first kappa shape index (κ1) is 18.5. The molecule has 0 heterocycles. The Morgan fingerprint density at radius 3 is 2.22 bits per heavy atom. The molecule has 2 amide bonds. The minimum atomic E-state index is -0.433. The molecule has 3 rings (SSSR count). The molecule has 27 heavy (non-hydrogen) atoms. The lowest BCUT2D eigenvalue weighted by molar-refractivity contribution is 0.221. The summed E-state index contributed by atoms with van der Waals surface area (Å²) in [5.41, 5.74) is 1.88. The van der Waals surface area contributed by atoms with Crippen LogP contribution in [0.3, 0.4) is 0 Å². The first-order chi connectivity index (χ1) is 13.2. The van der Waals surface area contributed by atoms with E-state index in [0.717, 1.165) is 11.1 Å². The quantitative estimate of drug-likeness (QED) is 0.651. The number of ether oxygens (including phenoxy) is 1. The Balaban J connectivity index is 1.63. The predicted octanol–water partition coefficient (Wildman–Crippen LogP) is 4.45. The van der Waals surface area contributed by atoms with E-state index in [2.05, 4.69) is 10.6 Å². The summed E-state index contributed by atoms with van der Waals surface area (Å²) < 4.78 is 19.4. The number of rotatable bonds is 7. The summed E-state index contributed by atoms with van der Waals surface area (Å²) >= 11 is 0. The van der Waals surface area contributed by atoms with Crippen LogP contribution in [0, 0.1) is 5.82 Å². The molecular weight excluding hydrogens is 343 g/mol. The molecule has 5 heteroatoms. The monoisotopic (exact) mass is 364 g/mol. The first-order valence-electron chi connectivity index (χ1n) is 8.73. The van der Waals surface area contributed by atoms with Gasteiger partial charge in [-0.05, 0) is 23.3 Å². The van der Waals surface area contributed by atoms with Crippen LogP contribution in [0.25, 0.3) is 0 Å². The third-order valence-corrected chi connectivity index (χ3v) is 4.05. The lowest BCUT2D eigenvalue weighted by Gasteiger charge is -2.20. The van der Waals surface area contributed by atoms with Gasteiger partial charge in [0.15, 0.2) is 11.6 Å². The van der Waals surface area contributed by atoms with E-state index in [1.165, 1.54) is 6.07 Å². The van der Waals surface area contributed by atoms with Gasteiger partial charge in [0.25, 0.3) is 0 Å². The van der Waals surface area contributed by atoms with Gasteiger partial charge in [0.1, 0.15) is 6.61 Å². The van der Waals surface area contributed by atoms with Gasteiger partial charge in [-0.25, -0.2) is 9.18 Å². The van der Waals surface area contributed by atoms with Crippen LogP contribution in [0.2, 0.25) is 0 Å². The maximum atomic E-state index is 13.8. The Kier molecular flexibility index (Phi) is 6.41. The van der Waals surface area contributed by atoms with Gasteiger partial charge in [-0.2, -0.15) is 0 Å². The average molecular weight is 364 g/mol. The highest BCUT2D eigenvalue weighted by molar-refractivity contribution is 5.74. The van der Waals surface area contributed by atoms with Crippen molar-refractivity contribution in [2.45, 2.75) is 12.6 Å². The van der Waals surface area contributed by atoms with Crippen LogP contribution >= 0.6 is 0 Å². The minimum absolute atomic E-state index is 0.115. The second-order valence-electron chi connectivity index (χ2n) is 6.02. The van der Waals surface area contributed by atoms with Crippen LogP contribution in [0.15, 0.2) is 84.9 Å². The fourth-order valence-corrected chi connectivity index (χ4v) is 2.63. The van der Waals surface area contributed by atoms with Crippen molar-refractivity contribution >= 4 is 6.03 Å². The molecular formula is C22H21FN2O2. The predicted molar refractivity (Wildman–Crippen MR) is 103 cm³/mol. The smallest absolute Gasteiger partial charge is 0.315 e. The number of hydrogen-bond donors (Lipinski definition) is 2. The number of hydrogen-bond acceptors (Lipinski definition) is 2. The van der Waals surface area contributed by atoms with E-state index >= 15 is 0 Å². The van der Waals surface area contributed by atoms with Crippen molar-refractivity contribution in [2.75, 3.05) is 6.61 Å². The van der Waals surface area contributed by atoms with Crippen LogP contribution in [0.1, 0.15) is 17.2 Å². The number of benzene rings is 3. The number of urea groups is 1. The molecule has 0 spiro atoms. The molecule has 4 nitrogen and oxygen atoms in total. The lowest BCUT2D eigenvalue weighted by atomic mass is 10.1. The normalized spacial score (nSPS) is 11.4. The van der Waals surface area contributed by atoms with E-state index in [1.54, 1.807) is 18.2 Å². The Morgan fingerprint density at radius 2 is 1.52 bits per heavy atom. The van der Waals surface area contributed by atoms with Crippen LogP contribution in [-0.4, -0.2) is 12.6 Å². The maximum absolute atomic E-state index is 13.8. The molecule has 2 N–H and O–H groups in total. The van der Waals surface area contributed by atoms with Crippen molar-refractivity contribution in [1.82, 2.24) is 10.6 Å². The largest absolute Gasteiger partial charge is 0.488 e. The van der Waals surface area contributed by atoms with E-state index in [1.807, 2.05) is 60.7 Å². The van der Waals surface area contributed by atoms with Crippen molar-refractivity contribution in [3.63, 3.8) is 0 Å². The van der Waals surface area contributed by atoms with Gasteiger partial charge in [-0.1, -0.05) is 72.8 Å². The number of carbonyl (C=O) groups excluding carboxylic acids is 1. The second-order valence-corrected chi connectivity index (χ2v) is 6.02. The molecule has 3 aromatic rings. The summed E-state index contributed by atoms with van der Waals surface area (Å²) in [6.07, 6.45) is 0. The molecule has 0 aliphatic rings. The van der Waals surface area contributed by atoms with Crippen molar-refractivity contribution in [3.8, 4) is 5.75 Å². The highest BCUT2D eigenvalue weighted by Gasteiger charge is 2.16. The van der Waals surface area contributed by atoms with Crippen LogP contribution in [0.4, 0.5) is 9.18 Å². The van der Waals surface area contributed by atoms with Gasteiger partial charge in [0, 0.05) is 6.54 Å². The zero-order valence-corrected chi connectivity index (χ0v) is 14.8. The van der Waals surface area contributed by atoms with Crippen LogP contribution in [0.5, 0.6) is 5.75 Å². The zero-order valence-electron chi connectivity index (χ0n) is 14.8. The Labute approximate surface area is 158 Å². The SMILES string of the molecule is O=C(NCc1ccccc1)NC(COc1ccccc1F)c1ccccc1. The van der Waals surface area contributed by atoms with Crippen molar-refractivity contribution < 1.29 is 13.9 Å². The molecule has 0 saturated heterocycles. The third-order valence-electron chi connectivity index (χ3n) is 4.05. The van der Waals surface area contributed by atoms with E-state index in [0.29, 0.717) is 6.54 Å². The van der Waals surface area contributed by atoms with E-state index in [-0.39, 0.29) is 18.4 Å². The molecule has 0 aliphatic heterocycles. The second kappa shape index (κ2) is 9.38. The minimum Gasteiger partial charge on any atom is -0.488 e. The Bertz CT molecular complexity index is 856. The number of nitrogens with one attached hydrogen (secondary N) is 2. The average Bonchev–Trinajstić information content (AvgIpc) is 2.72. The molecule has 1 unspecified atom stereocenters. The molecule has 0 saturated carbocycles. The fourth-order valence-electron chi connectivity index (χ4n) is 2.63. The van der Waals surface area contributed by atoms with Gasteiger partial charge in [-0.15, -0.1) is 0 Å². The number of para-hydroxylation sites is 1. The molecule has 0 bridgehead atoms. The van der Waals surface area contributed by atoms with E-state index < -0.39 is 11.9 Å². The standard InChI is InChI=1S/C22H21FN2O2/c23-19-13-7-8-14-21(19)27-16-20(18-11-5-2-6-12-18)25-22(26)24-15-17-9-3-1-4-10-17/h1-14,20H,15-16H2,(H2,24,25,26). The fraction of sp³-hybridized carbons (Fsp3) is 0.136. The Hall–Kier alpha value is -3.34. The molecule has 3 aromatic carbocycles. The lowest BCUT2D eigenvalue weighted by Crippen LogP contribution is -2.39. The van der Waals surface area contributed by atoms with Crippen LogP contribution in [-0.2, 0) is 6.54 Å². The summed E-state index contributed by atoms with van der Waals surface area (Å²) in [6, 6.07) is 24.6. The van der Waals surface area contributed by atoms with Crippen molar-refractivity contribution in [3.05, 3.63) is 102 Å². The maximum Gasteiger partial charge on any atom is 0.315 e. The highest BCUT2D eigenvalue weighted by Crippen LogP contribution is 2.19. The number of carbonyl (C=O) groups is 1. The highest BCUT2D eigenvalue weighted by atomic mass is 19.1. The van der Waals surface area contributed by atoms with E-state index in [9.17, 15) is 9.18 Å².